The number of carbonyl (C=O) groups is 2. The van der Waals surface area contributed by atoms with Crippen molar-refractivity contribution in [1.29, 1.82) is 0 Å². The lowest BCUT2D eigenvalue weighted by molar-refractivity contribution is -0.137. The summed E-state index contributed by atoms with van der Waals surface area (Å²) >= 11 is 0. The normalized spacial score (nSPS) is 13.6. The summed E-state index contributed by atoms with van der Waals surface area (Å²) in [5.74, 6) is -0.0181. The maximum absolute atomic E-state index is 13.6. The second-order valence-electron chi connectivity index (χ2n) is 8.30. The molecule has 0 aromatic heterocycles. The standard InChI is InChI=1S/C28H28N2O3/c1-5-33-24-9-7-6-8-23(24)29-26-25(22-15-12-19(3)16-20(22)4)27(31)30(28(26)32)17-21-13-10-18(2)11-14-21/h6-16,29H,5,17H2,1-4H3. The van der Waals surface area contributed by atoms with E-state index < -0.39 is 0 Å². The number of anilines is 1. The van der Waals surface area contributed by atoms with Crippen LogP contribution in [-0.2, 0) is 16.1 Å². The van der Waals surface area contributed by atoms with Gasteiger partial charge in [-0.05, 0) is 56.5 Å². The van der Waals surface area contributed by atoms with Crippen molar-refractivity contribution in [2.24, 2.45) is 0 Å². The SMILES string of the molecule is CCOc1ccccc1NC1=C(c2ccc(C)cc2C)C(=O)N(Cc2ccc(C)cc2)C1=O. The zero-order chi connectivity index (χ0) is 23.5. The Morgan fingerprint density at radius 2 is 1.55 bits per heavy atom. The zero-order valence-electron chi connectivity index (χ0n) is 19.4. The van der Waals surface area contributed by atoms with Crippen molar-refractivity contribution in [3.8, 4) is 5.75 Å². The molecule has 0 saturated heterocycles. The molecule has 168 valence electrons. The third-order valence-corrected chi connectivity index (χ3v) is 5.73. The predicted octanol–water partition coefficient (Wildman–Crippen LogP) is 5.40. The summed E-state index contributed by atoms with van der Waals surface area (Å²) in [6, 6.07) is 21.2. The summed E-state index contributed by atoms with van der Waals surface area (Å²) in [5.41, 5.74) is 6.13. The molecule has 5 nitrogen and oxygen atoms in total. The molecular formula is C28H28N2O3. The van der Waals surface area contributed by atoms with Crippen LogP contribution in [0, 0.1) is 20.8 Å². The van der Waals surface area contributed by atoms with E-state index in [0.29, 0.717) is 23.6 Å². The van der Waals surface area contributed by atoms with Gasteiger partial charge in [-0.25, -0.2) is 0 Å². The lowest BCUT2D eigenvalue weighted by atomic mass is 9.97. The highest BCUT2D eigenvalue weighted by atomic mass is 16.5. The fraction of sp³-hybridized carbons (Fsp3) is 0.214. The maximum atomic E-state index is 13.6. The minimum absolute atomic E-state index is 0.213. The van der Waals surface area contributed by atoms with E-state index in [2.05, 4.69) is 5.32 Å². The second kappa shape index (κ2) is 9.33. The fourth-order valence-electron chi connectivity index (χ4n) is 4.04. The van der Waals surface area contributed by atoms with E-state index in [1.165, 1.54) is 4.90 Å². The number of hydrogen-bond acceptors (Lipinski definition) is 4. The van der Waals surface area contributed by atoms with E-state index in [1.54, 1.807) is 0 Å². The number of aryl methyl sites for hydroxylation is 3. The van der Waals surface area contributed by atoms with Gasteiger partial charge in [0.2, 0.25) is 0 Å². The van der Waals surface area contributed by atoms with Crippen LogP contribution in [0.5, 0.6) is 5.75 Å². The van der Waals surface area contributed by atoms with Gasteiger partial charge in [-0.15, -0.1) is 0 Å². The van der Waals surface area contributed by atoms with Gasteiger partial charge >= 0.3 is 0 Å². The molecule has 0 radical (unpaired) electrons. The Kier molecular flexibility index (Phi) is 6.31. The monoisotopic (exact) mass is 440 g/mol. The molecule has 0 aliphatic carbocycles. The van der Waals surface area contributed by atoms with Gasteiger partial charge in [-0.3, -0.25) is 14.5 Å². The van der Waals surface area contributed by atoms with Crippen LogP contribution in [0.1, 0.15) is 34.7 Å². The minimum Gasteiger partial charge on any atom is -0.492 e. The highest BCUT2D eigenvalue weighted by Gasteiger charge is 2.40. The van der Waals surface area contributed by atoms with Crippen molar-refractivity contribution in [3.05, 3.63) is 100 Å². The predicted molar refractivity (Wildman–Crippen MR) is 131 cm³/mol. The number of carbonyl (C=O) groups excluding carboxylic acids is 2. The number of amides is 2. The average Bonchev–Trinajstić information content (AvgIpc) is 3.01. The Labute approximate surface area is 194 Å². The van der Waals surface area contributed by atoms with Crippen LogP contribution in [0.25, 0.3) is 5.57 Å². The number of imide groups is 1. The quantitative estimate of drug-likeness (QED) is 0.500. The summed E-state index contributed by atoms with van der Waals surface area (Å²) in [6.07, 6.45) is 0. The highest BCUT2D eigenvalue weighted by Crippen LogP contribution is 2.35. The van der Waals surface area contributed by atoms with Crippen LogP contribution in [0.15, 0.2) is 72.4 Å². The van der Waals surface area contributed by atoms with Gasteiger partial charge in [0, 0.05) is 0 Å². The van der Waals surface area contributed by atoms with Gasteiger partial charge in [0.25, 0.3) is 11.8 Å². The first-order valence-corrected chi connectivity index (χ1v) is 11.1. The molecule has 0 bridgehead atoms. The fourth-order valence-corrected chi connectivity index (χ4v) is 4.04. The Morgan fingerprint density at radius 1 is 0.848 bits per heavy atom. The van der Waals surface area contributed by atoms with Crippen LogP contribution in [-0.4, -0.2) is 23.3 Å². The first-order valence-electron chi connectivity index (χ1n) is 11.1. The molecule has 1 aliphatic rings. The van der Waals surface area contributed by atoms with Crippen molar-refractivity contribution in [3.63, 3.8) is 0 Å². The van der Waals surface area contributed by atoms with E-state index in [0.717, 1.165) is 27.8 Å². The van der Waals surface area contributed by atoms with Crippen LogP contribution in [0.4, 0.5) is 5.69 Å². The number of rotatable bonds is 7. The number of nitrogens with zero attached hydrogens (tertiary/aromatic N) is 1. The Bertz CT molecular complexity index is 1240. The third-order valence-electron chi connectivity index (χ3n) is 5.73. The molecule has 33 heavy (non-hydrogen) atoms. The molecule has 4 rings (SSSR count). The summed E-state index contributed by atoms with van der Waals surface area (Å²) in [4.78, 5) is 28.5. The van der Waals surface area contributed by atoms with Gasteiger partial charge in [0.15, 0.2) is 0 Å². The summed E-state index contributed by atoms with van der Waals surface area (Å²) in [7, 11) is 0. The van der Waals surface area contributed by atoms with E-state index in [9.17, 15) is 9.59 Å². The minimum atomic E-state index is -0.346. The molecule has 3 aromatic rings. The molecule has 3 aromatic carbocycles. The Balaban J connectivity index is 1.78. The molecule has 0 spiro atoms. The molecule has 0 unspecified atom stereocenters. The van der Waals surface area contributed by atoms with E-state index in [1.807, 2.05) is 94.4 Å². The smallest absolute Gasteiger partial charge is 0.278 e. The topological polar surface area (TPSA) is 58.6 Å². The van der Waals surface area contributed by atoms with Crippen LogP contribution in [0.2, 0.25) is 0 Å². The van der Waals surface area contributed by atoms with Crippen molar-refractivity contribution >= 4 is 23.1 Å². The van der Waals surface area contributed by atoms with Crippen LogP contribution < -0.4 is 10.1 Å². The average molecular weight is 441 g/mol. The largest absolute Gasteiger partial charge is 0.492 e. The molecule has 0 atom stereocenters. The molecule has 1 N–H and O–H groups in total. The van der Waals surface area contributed by atoms with Gasteiger partial charge in [-0.1, -0.05) is 65.7 Å². The van der Waals surface area contributed by atoms with Crippen molar-refractivity contribution in [2.45, 2.75) is 34.2 Å². The van der Waals surface area contributed by atoms with E-state index in [-0.39, 0.29) is 24.1 Å². The zero-order valence-corrected chi connectivity index (χ0v) is 19.4. The number of para-hydroxylation sites is 2. The molecule has 1 aliphatic heterocycles. The summed E-state index contributed by atoms with van der Waals surface area (Å²) in [5, 5.41) is 3.23. The molecule has 1 heterocycles. The van der Waals surface area contributed by atoms with Crippen LogP contribution in [0.3, 0.4) is 0 Å². The summed E-state index contributed by atoms with van der Waals surface area (Å²) < 4.78 is 5.73. The first-order chi connectivity index (χ1) is 15.9. The number of hydrogen-bond donors (Lipinski definition) is 1. The lowest BCUT2D eigenvalue weighted by Gasteiger charge is -2.16. The molecule has 0 saturated carbocycles. The molecule has 2 amide bonds. The van der Waals surface area contributed by atoms with Crippen molar-refractivity contribution in [2.75, 3.05) is 11.9 Å². The van der Waals surface area contributed by atoms with Gasteiger partial charge in [0.05, 0.1) is 24.4 Å². The third kappa shape index (κ3) is 4.53. The number of benzene rings is 3. The van der Waals surface area contributed by atoms with Gasteiger partial charge in [-0.2, -0.15) is 0 Å². The lowest BCUT2D eigenvalue weighted by Crippen LogP contribution is -2.32. The molecule has 5 heteroatoms. The maximum Gasteiger partial charge on any atom is 0.278 e. The van der Waals surface area contributed by atoms with E-state index >= 15 is 0 Å². The Morgan fingerprint density at radius 3 is 2.24 bits per heavy atom. The van der Waals surface area contributed by atoms with Crippen LogP contribution >= 0.6 is 0 Å². The van der Waals surface area contributed by atoms with Gasteiger partial charge in [0.1, 0.15) is 11.4 Å². The highest BCUT2D eigenvalue weighted by molar-refractivity contribution is 6.36. The molecular weight excluding hydrogens is 412 g/mol. The Hall–Kier alpha value is -3.86. The summed E-state index contributed by atoms with van der Waals surface area (Å²) in [6.45, 7) is 8.59. The number of ether oxygens (including phenoxy) is 1. The number of nitrogens with one attached hydrogen (secondary N) is 1. The van der Waals surface area contributed by atoms with E-state index in [4.69, 9.17) is 4.74 Å². The van der Waals surface area contributed by atoms with Crippen molar-refractivity contribution in [1.82, 2.24) is 4.90 Å². The van der Waals surface area contributed by atoms with Gasteiger partial charge < -0.3 is 10.1 Å². The van der Waals surface area contributed by atoms with Crippen molar-refractivity contribution < 1.29 is 14.3 Å². The first kappa shape index (κ1) is 22.3. The second-order valence-corrected chi connectivity index (χ2v) is 8.30. The molecule has 0 fully saturated rings.